The van der Waals surface area contributed by atoms with E-state index in [0.717, 1.165) is 41.7 Å². The molecule has 0 spiro atoms. The molecule has 1 aromatic heterocycles. The zero-order valence-corrected chi connectivity index (χ0v) is 11.4. The third-order valence-corrected chi connectivity index (χ3v) is 5.58. The third-order valence-electron chi connectivity index (χ3n) is 3.74. The number of likely N-dealkylation sites (tertiary alicyclic amines) is 1. The number of rotatable bonds is 2. The predicted octanol–water partition coefficient (Wildman–Crippen LogP) is 2.37. The molecule has 2 aromatic rings. The van der Waals surface area contributed by atoms with Crippen molar-refractivity contribution in [2.45, 2.75) is 23.0 Å². The smallest absolute Gasteiger partial charge is 0.0644 e. The second-order valence-electron chi connectivity index (χ2n) is 5.00. The molecule has 0 aliphatic carbocycles. The SMILES string of the molecule is CN1CCC(S(=O)c2c[nH]c3ccccc23)CC1. The first kappa shape index (κ1) is 11.9. The molecular weight excluding hydrogens is 244 g/mol. The molecule has 1 N–H and O–H groups in total. The van der Waals surface area contributed by atoms with Crippen LogP contribution in [0.5, 0.6) is 0 Å². The number of para-hydroxylation sites is 1. The summed E-state index contributed by atoms with van der Waals surface area (Å²) in [6.45, 7) is 2.11. The maximum absolute atomic E-state index is 12.7. The van der Waals surface area contributed by atoms with Gasteiger partial charge in [0.2, 0.25) is 0 Å². The van der Waals surface area contributed by atoms with Crippen LogP contribution in [0.2, 0.25) is 0 Å². The van der Waals surface area contributed by atoms with Crippen LogP contribution < -0.4 is 0 Å². The van der Waals surface area contributed by atoms with Gasteiger partial charge in [-0.05, 0) is 39.0 Å². The third kappa shape index (κ3) is 2.10. The van der Waals surface area contributed by atoms with Gasteiger partial charge in [0.05, 0.1) is 15.7 Å². The number of H-pyrrole nitrogens is 1. The van der Waals surface area contributed by atoms with Crippen molar-refractivity contribution in [3.63, 3.8) is 0 Å². The van der Waals surface area contributed by atoms with E-state index in [1.165, 1.54) is 0 Å². The first-order chi connectivity index (χ1) is 8.75. The first-order valence-corrected chi connectivity index (χ1v) is 7.62. The van der Waals surface area contributed by atoms with Crippen molar-refractivity contribution in [3.05, 3.63) is 30.5 Å². The highest BCUT2D eigenvalue weighted by atomic mass is 32.2. The number of aromatic nitrogens is 1. The molecular formula is C14H18N2OS. The highest BCUT2D eigenvalue weighted by Crippen LogP contribution is 2.26. The van der Waals surface area contributed by atoms with Gasteiger partial charge in [0.15, 0.2) is 0 Å². The van der Waals surface area contributed by atoms with Crippen molar-refractivity contribution in [1.29, 1.82) is 0 Å². The summed E-state index contributed by atoms with van der Waals surface area (Å²) in [4.78, 5) is 6.49. The van der Waals surface area contributed by atoms with E-state index in [1.807, 2.05) is 30.5 Å². The highest BCUT2D eigenvalue weighted by molar-refractivity contribution is 7.86. The van der Waals surface area contributed by atoms with Crippen molar-refractivity contribution in [2.24, 2.45) is 0 Å². The average Bonchev–Trinajstić information content (AvgIpc) is 2.82. The minimum absolute atomic E-state index is 0.306. The molecule has 18 heavy (non-hydrogen) atoms. The molecule has 1 saturated heterocycles. The molecule has 1 aromatic carbocycles. The lowest BCUT2D eigenvalue weighted by atomic mass is 10.1. The van der Waals surface area contributed by atoms with E-state index in [-0.39, 0.29) is 0 Å². The van der Waals surface area contributed by atoms with Crippen LogP contribution in [0.25, 0.3) is 10.9 Å². The van der Waals surface area contributed by atoms with Gasteiger partial charge in [0, 0.05) is 22.3 Å². The van der Waals surface area contributed by atoms with Crippen molar-refractivity contribution in [3.8, 4) is 0 Å². The van der Waals surface area contributed by atoms with Crippen LogP contribution in [0, 0.1) is 0 Å². The van der Waals surface area contributed by atoms with Crippen LogP contribution in [0.1, 0.15) is 12.8 Å². The van der Waals surface area contributed by atoms with Gasteiger partial charge in [-0.2, -0.15) is 0 Å². The monoisotopic (exact) mass is 262 g/mol. The van der Waals surface area contributed by atoms with E-state index >= 15 is 0 Å². The normalized spacial score (nSPS) is 20.3. The molecule has 96 valence electrons. The first-order valence-electron chi connectivity index (χ1n) is 6.41. The van der Waals surface area contributed by atoms with Gasteiger partial charge in [-0.25, -0.2) is 0 Å². The topological polar surface area (TPSA) is 36.1 Å². The fraction of sp³-hybridized carbons (Fsp3) is 0.429. The zero-order chi connectivity index (χ0) is 12.5. The lowest BCUT2D eigenvalue weighted by Crippen LogP contribution is -2.34. The standard InChI is InChI=1S/C14H18N2OS/c1-16-8-6-11(7-9-16)18(17)14-10-15-13-5-3-2-4-12(13)14/h2-5,10-11,15H,6-9H2,1H3. The summed E-state index contributed by atoms with van der Waals surface area (Å²) in [5.41, 5.74) is 1.08. The van der Waals surface area contributed by atoms with Crippen LogP contribution >= 0.6 is 0 Å². The molecule has 0 amide bonds. The molecule has 3 rings (SSSR count). The van der Waals surface area contributed by atoms with Crippen LogP contribution in [0.3, 0.4) is 0 Å². The number of nitrogens with zero attached hydrogens (tertiary/aromatic N) is 1. The molecule has 0 saturated carbocycles. The van der Waals surface area contributed by atoms with Crippen LogP contribution in [-0.2, 0) is 10.8 Å². The number of piperidine rings is 1. The summed E-state index contributed by atoms with van der Waals surface area (Å²) >= 11 is 0. The fourth-order valence-electron chi connectivity index (χ4n) is 2.59. The Morgan fingerprint density at radius 3 is 2.78 bits per heavy atom. The molecule has 1 aliphatic rings. The van der Waals surface area contributed by atoms with Gasteiger partial charge in [-0.3, -0.25) is 4.21 Å². The van der Waals surface area contributed by atoms with Gasteiger partial charge >= 0.3 is 0 Å². The summed E-state index contributed by atoms with van der Waals surface area (Å²) in [7, 11) is 1.24. The Bertz CT molecular complexity index is 570. The van der Waals surface area contributed by atoms with Gasteiger partial charge in [-0.15, -0.1) is 0 Å². The number of nitrogens with one attached hydrogen (secondary N) is 1. The summed E-state index contributed by atoms with van der Waals surface area (Å²) in [5.74, 6) is 0. The molecule has 1 unspecified atom stereocenters. The van der Waals surface area contributed by atoms with E-state index in [9.17, 15) is 4.21 Å². The Morgan fingerprint density at radius 2 is 2.00 bits per heavy atom. The summed E-state index contributed by atoms with van der Waals surface area (Å²) in [5, 5.41) is 1.41. The summed E-state index contributed by atoms with van der Waals surface area (Å²) in [6, 6.07) is 8.09. The zero-order valence-electron chi connectivity index (χ0n) is 10.6. The van der Waals surface area contributed by atoms with E-state index in [0.29, 0.717) is 5.25 Å². The Balaban J connectivity index is 1.88. The molecule has 0 radical (unpaired) electrons. The quantitative estimate of drug-likeness (QED) is 0.902. The Morgan fingerprint density at radius 1 is 1.28 bits per heavy atom. The molecule has 4 heteroatoms. The second kappa shape index (κ2) is 4.86. The van der Waals surface area contributed by atoms with E-state index in [1.54, 1.807) is 0 Å². The largest absolute Gasteiger partial charge is 0.360 e. The number of hydrogen-bond donors (Lipinski definition) is 1. The Kier molecular flexibility index (Phi) is 3.22. The maximum Gasteiger partial charge on any atom is 0.0644 e. The van der Waals surface area contributed by atoms with Crippen molar-refractivity contribution in [2.75, 3.05) is 20.1 Å². The Hall–Kier alpha value is -1.13. The second-order valence-corrected chi connectivity index (χ2v) is 6.70. The minimum Gasteiger partial charge on any atom is -0.360 e. The number of aromatic amines is 1. The lowest BCUT2D eigenvalue weighted by molar-refractivity contribution is 0.280. The Labute approximate surface area is 110 Å². The average molecular weight is 262 g/mol. The molecule has 2 heterocycles. The van der Waals surface area contributed by atoms with Crippen LogP contribution in [0.15, 0.2) is 35.4 Å². The van der Waals surface area contributed by atoms with Gasteiger partial charge in [0.25, 0.3) is 0 Å². The summed E-state index contributed by atoms with van der Waals surface area (Å²) in [6.07, 6.45) is 3.98. The van der Waals surface area contributed by atoms with Crippen molar-refractivity contribution in [1.82, 2.24) is 9.88 Å². The van der Waals surface area contributed by atoms with Crippen LogP contribution in [-0.4, -0.2) is 39.5 Å². The van der Waals surface area contributed by atoms with E-state index in [4.69, 9.17) is 0 Å². The molecule has 0 bridgehead atoms. The molecule has 1 atom stereocenters. The van der Waals surface area contributed by atoms with E-state index in [2.05, 4.69) is 16.9 Å². The number of hydrogen-bond acceptors (Lipinski definition) is 2. The van der Waals surface area contributed by atoms with Gasteiger partial charge < -0.3 is 9.88 Å². The number of fused-ring (bicyclic) bond motifs is 1. The molecule has 1 aliphatic heterocycles. The van der Waals surface area contributed by atoms with E-state index < -0.39 is 10.8 Å². The van der Waals surface area contributed by atoms with Crippen LogP contribution in [0.4, 0.5) is 0 Å². The highest BCUT2D eigenvalue weighted by Gasteiger charge is 2.24. The lowest BCUT2D eigenvalue weighted by Gasteiger charge is -2.28. The molecule has 1 fully saturated rings. The predicted molar refractivity (Wildman–Crippen MR) is 75.2 cm³/mol. The minimum atomic E-state index is -0.886. The number of benzene rings is 1. The van der Waals surface area contributed by atoms with Gasteiger partial charge in [-0.1, -0.05) is 18.2 Å². The van der Waals surface area contributed by atoms with Crippen molar-refractivity contribution >= 4 is 21.7 Å². The fourth-order valence-corrected chi connectivity index (χ4v) is 4.16. The molecule has 3 nitrogen and oxygen atoms in total. The van der Waals surface area contributed by atoms with Gasteiger partial charge in [0.1, 0.15) is 0 Å². The maximum atomic E-state index is 12.7. The summed E-state index contributed by atoms with van der Waals surface area (Å²) < 4.78 is 12.7. The van der Waals surface area contributed by atoms with Crippen molar-refractivity contribution < 1.29 is 4.21 Å².